The van der Waals surface area contributed by atoms with Crippen LogP contribution in [0.25, 0.3) is 28.8 Å². The summed E-state index contributed by atoms with van der Waals surface area (Å²) in [6.07, 6.45) is 4.79. The van der Waals surface area contributed by atoms with Crippen LogP contribution in [0.3, 0.4) is 0 Å². The molecule has 0 aliphatic heterocycles. The maximum absolute atomic E-state index is 12.2. The average molecular weight is 410 g/mol. The summed E-state index contributed by atoms with van der Waals surface area (Å²) in [5.41, 5.74) is 3.07. The molecule has 4 rings (SSSR count). The molecular formula is C21H13Cl2N3O2. The molecule has 0 saturated carbocycles. The molecule has 0 saturated heterocycles. The number of oxazole rings is 1. The van der Waals surface area contributed by atoms with Crippen LogP contribution >= 0.6 is 23.2 Å². The lowest BCUT2D eigenvalue weighted by atomic mass is 10.2. The summed E-state index contributed by atoms with van der Waals surface area (Å²) in [5.74, 6) is 0.0639. The number of hydrogen-bond acceptors (Lipinski definition) is 4. The number of nitrogens with zero attached hydrogens (tertiary/aromatic N) is 2. The van der Waals surface area contributed by atoms with Gasteiger partial charge in [0, 0.05) is 23.0 Å². The molecule has 0 atom stereocenters. The molecule has 0 spiro atoms. The molecule has 138 valence electrons. The van der Waals surface area contributed by atoms with E-state index in [0.717, 1.165) is 5.56 Å². The highest BCUT2D eigenvalue weighted by Gasteiger charge is 2.13. The number of carbonyl (C=O) groups is 1. The lowest BCUT2D eigenvalue weighted by molar-refractivity contribution is -0.111. The topological polar surface area (TPSA) is 68.0 Å². The smallest absolute Gasteiger partial charge is 0.248 e. The molecule has 1 amide bonds. The summed E-state index contributed by atoms with van der Waals surface area (Å²) in [4.78, 5) is 20.7. The summed E-state index contributed by atoms with van der Waals surface area (Å²) in [5, 5.41) is 3.90. The molecule has 0 aliphatic carbocycles. The van der Waals surface area contributed by atoms with Crippen LogP contribution in [0.2, 0.25) is 10.0 Å². The minimum Gasteiger partial charge on any atom is -0.434 e. The van der Waals surface area contributed by atoms with Crippen molar-refractivity contribution in [3.63, 3.8) is 0 Å². The SMILES string of the molecule is O=C(C=Cc1ccc(Cl)cc1)Nc1ccc(Cl)c(-c2nc3ncccc3o2)c1. The summed E-state index contributed by atoms with van der Waals surface area (Å²) >= 11 is 12.1. The van der Waals surface area contributed by atoms with Crippen molar-refractivity contribution < 1.29 is 9.21 Å². The Morgan fingerprint density at radius 1 is 1.07 bits per heavy atom. The molecule has 4 aromatic rings. The van der Waals surface area contributed by atoms with Crippen molar-refractivity contribution in [3.05, 3.63) is 82.5 Å². The van der Waals surface area contributed by atoms with E-state index in [1.165, 1.54) is 6.08 Å². The highest BCUT2D eigenvalue weighted by atomic mass is 35.5. The molecule has 2 heterocycles. The fourth-order valence-electron chi connectivity index (χ4n) is 2.58. The number of benzene rings is 2. The number of rotatable bonds is 4. The third kappa shape index (κ3) is 4.06. The zero-order chi connectivity index (χ0) is 19.5. The fourth-order valence-corrected chi connectivity index (χ4v) is 2.91. The van der Waals surface area contributed by atoms with Crippen LogP contribution in [0.1, 0.15) is 5.56 Å². The van der Waals surface area contributed by atoms with Crippen LogP contribution in [0, 0.1) is 0 Å². The number of aromatic nitrogens is 2. The second kappa shape index (κ2) is 7.84. The highest BCUT2D eigenvalue weighted by Crippen LogP contribution is 2.31. The minimum absolute atomic E-state index is 0.276. The van der Waals surface area contributed by atoms with Crippen LogP contribution in [0.15, 0.2) is 71.3 Å². The first-order chi connectivity index (χ1) is 13.6. The zero-order valence-corrected chi connectivity index (χ0v) is 15.9. The second-order valence-electron chi connectivity index (χ2n) is 5.91. The van der Waals surface area contributed by atoms with E-state index >= 15 is 0 Å². The van der Waals surface area contributed by atoms with Gasteiger partial charge in [0.1, 0.15) is 0 Å². The molecular weight excluding hydrogens is 397 g/mol. The van der Waals surface area contributed by atoms with Gasteiger partial charge in [0.15, 0.2) is 11.2 Å². The van der Waals surface area contributed by atoms with E-state index in [-0.39, 0.29) is 5.91 Å². The Hall–Kier alpha value is -3.15. The number of anilines is 1. The first kappa shape index (κ1) is 18.2. The Morgan fingerprint density at radius 2 is 1.89 bits per heavy atom. The molecule has 0 unspecified atom stereocenters. The zero-order valence-electron chi connectivity index (χ0n) is 14.4. The van der Waals surface area contributed by atoms with Gasteiger partial charge in [-0.15, -0.1) is 0 Å². The molecule has 0 aliphatic rings. The van der Waals surface area contributed by atoms with Crippen LogP contribution in [-0.2, 0) is 4.79 Å². The van der Waals surface area contributed by atoms with Gasteiger partial charge in [-0.25, -0.2) is 4.98 Å². The number of halogens is 2. The summed E-state index contributed by atoms with van der Waals surface area (Å²) in [6, 6.07) is 15.8. The van der Waals surface area contributed by atoms with Gasteiger partial charge in [-0.3, -0.25) is 4.79 Å². The molecule has 0 fully saturated rings. The van der Waals surface area contributed by atoms with E-state index in [1.807, 2.05) is 12.1 Å². The van der Waals surface area contributed by atoms with E-state index in [2.05, 4.69) is 15.3 Å². The monoisotopic (exact) mass is 409 g/mol. The average Bonchev–Trinajstić information content (AvgIpc) is 3.13. The normalized spacial score (nSPS) is 11.2. The van der Waals surface area contributed by atoms with Crippen molar-refractivity contribution in [3.8, 4) is 11.5 Å². The van der Waals surface area contributed by atoms with E-state index in [1.54, 1.807) is 54.7 Å². The summed E-state index contributed by atoms with van der Waals surface area (Å²) in [6.45, 7) is 0. The molecule has 5 nitrogen and oxygen atoms in total. The van der Waals surface area contributed by atoms with Crippen LogP contribution in [0.4, 0.5) is 5.69 Å². The molecule has 2 aromatic carbocycles. The Balaban J connectivity index is 1.55. The van der Waals surface area contributed by atoms with Gasteiger partial charge in [0.25, 0.3) is 0 Å². The Labute approximate surface area is 170 Å². The van der Waals surface area contributed by atoms with Crippen LogP contribution in [0.5, 0.6) is 0 Å². The van der Waals surface area contributed by atoms with Crippen molar-refractivity contribution >= 4 is 52.1 Å². The van der Waals surface area contributed by atoms with Crippen molar-refractivity contribution in [2.45, 2.75) is 0 Å². The number of nitrogens with one attached hydrogen (secondary N) is 1. The van der Waals surface area contributed by atoms with Crippen molar-refractivity contribution in [2.24, 2.45) is 0 Å². The second-order valence-corrected chi connectivity index (χ2v) is 6.76. The maximum atomic E-state index is 12.2. The van der Waals surface area contributed by atoms with Crippen molar-refractivity contribution in [2.75, 3.05) is 5.32 Å². The maximum Gasteiger partial charge on any atom is 0.248 e. The molecule has 2 aromatic heterocycles. The van der Waals surface area contributed by atoms with Crippen molar-refractivity contribution in [1.29, 1.82) is 0 Å². The van der Waals surface area contributed by atoms with E-state index < -0.39 is 0 Å². The fraction of sp³-hybridized carbons (Fsp3) is 0. The lowest BCUT2D eigenvalue weighted by Crippen LogP contribution is -2.07. The standard InChI is InChI=1S/C21H13Cl2N3O2/c22-14-6-3-13(4-7-14)5-10-19(27)25-15-8-9-17(23)16(12-15)21-26-20-18(28-21)2-1-11-24-20/h1-12H,(H,25,27). The third-order valence-corrected chi connectivity index (χ3v) is 4.51. The molecule has 0 bridgehead atoms. The number of amides is 1. The predicted octanol–water partition coefficient (Wildman–Crippen LogP) is 5.85. The Kier molecular flexibility index (Phi) is 5.10. The first-order valence-corrected chi connectivity index (χ1v) is 9.10. The van der Waals surface area contributed by atoms with Gasteiger partial charge in [0.05, 0.1) is 10.6 Å². The Bertz CT molecular complexity index is 1150. The predicted molar refractivity (Wildman–Crippen MR) is 111 cm³/mol. The lowest BCUT2D eigenvalue weighted by Gasteiger charge is -2.05. The van der Waals surface area contributed by atoms with Gasteiger partial charge in [-0.1, -0.05) is 35.3 Å². The van der Waals surface area contributed by atoms with E-state index in [0.29, 0.717) is 38.4 Å². The Morgan fingerprint density at radius 3 is 2.68 bits per heavy atom. The number of hydrogen-bond donors (Lipinski definition) is 1. The molecule has 28 heavy (non-hydrogen) atoms. The van der Waals surface area contributed by atoms with Gasteiger partial charge in [-0.05, 0) is 54.1 Å². The van der Waals surface area contributed by atoms with Crippen molar-refractivity contribution in [1.82, 2.24) is 9.97 Å². The molecule has 1 N–H and O–H groups in total. The first-order valence-electron chi connectivity index (χ1n) is 8.34. The number of pyridine rings is 1. The summed E-state index contributed by atoms with van der Waals surface area (Å²) < 4.78 is 5.71. The molecule has 7 heteroatoms. The van der Waals surface area contributed by atoms with Crippen LogP contribution < -0.4 is 5.32 Å². The number of fused-ring (bicyclic) bond motifs is 1. The van der Waals surface area contributed by atoms with E-state index in [9.17, 15) is 4.79 Å². The van der Waals surface area contributed by atoms with Gasteiger partial charge in [0.2, 0.25) is 11.8 Å². The van der Waals surface area contributed by atoms with Crippen LogP contribution in [-0.4, -0.2) is 15.9 Å². The summed E-state index contributed by atoms with van der Waals surface area (Å²) in [7, 11) is 0. The number of carbonyl (C=O) groups excluding carboxylic acids is 1. The van der Waals surface area contributed by atoms with Gasteiger partial charge in [-0.2, -0.15) is 4.98 Å². The highest BCUT2D eigenvalue weighted by molar-refractivity contribution is 6.33. The quantitative estimate of drug-likeness (QED) is 0.429. The molecule has 0 radical (unpaired) electrons. The van der Waals surface area contributed by atoms with E-state index in [4.69, 9.17) is 27.6 Å². The third-order valence-electron chi connectivity index (χ3n) is 3.93. The van der Waals surface area contributed by atoms with Gasteiger partial charge < -0.3 is 9.73 Å². The minimum atomic E-state index is -0.276. The largest absolute Gasteiger partial charge is 0.434 e. The van der Waals surface area contributed by atoms with Gasteiger partial charge >= 0.3 is 0 Å².